The van der Waals surface area contributed by atoms with E-state index in [1.54, 1.807) is 0 Å². The summed E-state index contributed by atoms with van der Waals surface area (Å²) in [6, 6.07) is 7.73. The number of aliphatic hydroxyl groups is 1. The van der Waals surface area contributed by atoms with Gasteiger partial charge in [0, 0.05) is 18.5 Å². The van der Waals surface area contributed by atoms with Crippen LogP contribution in [0.15, 0.2) is 24.3 Å². The Morgan fingerprint density at radius 2 is 2.15 bits per heavy atom. The second-order valence-corrected chi connectivity index (χ2v) is 5.29. The molecule has 1 aromatic rings. The van der Waals surface area contributed by atoms with Crippen LogP contribution in [-0.2, 0) is 11.3 Å². The van der Waals surface area contributed by atoms with E-state index in [0.717, 1.165) is 11.1 Å². The number of hydrogen-bond donors (Lipinski definition) is 2. The van der Waals surface area contributed by atoms with Gasteiger partial charge in [0.15, 0.2) is 0 Å². The fourth-order valence-electron chi connectivity index (χ4n) is 2.65. The number of amides is 1. The third-order valence-corrected chi connectivity index (χ3v) is 3.68. The predicted octanol–water partition coefficient (Wildman–Crippen LogP) is 2.23. The standard InChI is InChI=1S/C17H21NO2/c19-10-4-9-14-7-3-8-16(11-14)13-18-17(20)12-15-5-1-2-6-15/h3,7-8,11,15,19H,1-2,5-6,10,12-13H2,(H,18,20). The molecule has 0 radical (unpaired) electrons. The number of nitrogens with one attached hydrogen (secondary N) is 1. The van der Waals surface area contributed by atoms with Crippen molar-refractivity contribution in [3.05, 3.63) is 35.4 Å². The van der Waals surface area contributed by atoms with Crippen molar-refractivity contribution in [3.8, 4) is 11.8 Å². The minimum Gasteiger partial charge on any atom is -0.384 e. The van der Waals surface area contributed by atoms with Crippen LogP contribution in [0.3, 0.4) is 0 Å². The fourth-order valence-corrected chi connectivity index (χ4v) is 2.65. The predicted molar refractivity (Wildman–Crippen MR) is 78.8 cm³/mol. The number of rotatable bonds is 4. The Morgan fingerprint density at radius 3 is 2.90 bits per heavy atom. The Labute approximate surface area is 120 Å². The Morgan fingerprint density at radius 1 is 1.35 bits per heavy atom. The SMILES string of the molecule is O=C(CC1CCCC1)NCc1cccc(C#CCO)c1. The van der Waals surface area contributed by atoms with Gasteiger partial charge in [-0.3, -0.25) is 4.79 Å². The van der Waals surface area contributed by atoms with Crippen molar-refractivity contribution in [3.63, 3.8) is 0 Å². The van der Waals surface area contributed by atoms with Crippen LogP contribution in [0.4, 0.5) is 0 Å². The largest absolute Gasteiger partial charge is 0.384 e. The van der Waals surface area contributed by atoms with Gasteiger partial charge in [0.1, 0.15) is 6.61 Å². The van der Waals surface area contributed by atoms with Crippen molar-refractivity contribution < 1.29 is 9.90 Å². The van der Waals surface area contributed by atoms with E-state index >= 15 is 0 Å². The van der Waals surface area contributed by atoms with Crippen molar-refractivity contribution in [1.82, 2.24) is 5.32 Å². The molecule has 0 atom stereocenters. The highest BCUT2D eigenvalue weighted by molar-refractivity contribution is 5.76. The number of carbonyl (C=O) groups excluding carboxylic acids is 1. The number of hydrogen-bond acceptors (Lipinski definition) is 2. The molecular weight excluding hydrogens is 250 g/mol. The molecule has 106 valence electrons. The molecule has 0 bridgehead atoms. The quantitative estimate of drug-likeness (QED) is 0.825. The van der Waals surface area contributed by atoms with Gasteiger partial charge in [0.05, 0.1) is 0 Å². The number of benzene rings is 1. The summed E-state index contributed by atoms with van der Waals surface area (Å²) in [5, 5.41) is 11.7. The molecule has 0 aromatic heterocycles. The molecule has 0 unspecified atom stereocenters. The summed E-state index contributed by atoms with van der Waals surface area (Å²) < 4.78 is 0. The van der Waals surface area contributed by atoms with Crippen LogP contribution >= 0.6 is 0 Å². The van der Waals surface area contributed by atoms with Gasteiger partial charge in [0.2, 0.25) is 5.91 Å². The van der Waals surface area contributed by atoms with Crippen LogP contribution < -0.4 is 5.32 Å². The molecule has 3 nitrogen and oxygen atoms in total. The first-order valence-corrected chi connectivity index (χ1v) is 7.23. The van der Waals surface area contributed by atoms with Gasteiger partial charge in [-0.1, -0.05) is 36.8 Å². The second-order valence-electron chi connectivity index (χ2n) is 5.29. The van der Waals surface area contributed by atoms with Gasteiger partial charge in [-0.25, -0.2) is 0 Å². The Hall–Kier alpha value is -1.79. The molecule has 0 heterocycles. The average molecular weight is 271 g/mol. The molecule has 1 saturated carbocycles. The monoisotopic (exact) mass is 271 g/mol. The van der Waals surface area contributed by atoms with Crippen molar-refractivity contribution in [2.45, 2.75) is 38.6 Å². The maximum atomic E-state index is 11.9. The number of aliphatic hydroxyl groups excluding tert-OH is 1. The molecule has 1 aliphatic rings. The molecule has 2 N–H and O–H groups in total. The highest BCUT2D eigenvalue weighted by Crippen LogP contribution is 2.27. The summed E-state index contributed by atoms with van der Waals surface area (Å²) in [7, 11) is 0. The van der Waals surface area contributed by atoms with Gasteiger partial charge in [-0.2, -0.15) is 0 Å². The van der Waals surface area contributed by atoms with Gasteiger partial charge in [-0.05, 0) is 36.5 Å². The van der Waals surface area contributed by atoms with Gasteiger partial charge >= 0.3 is 0 Å². The van der Waals surface area contributed by atoms with Crippen LogP contribution in [-0.4, -0.2) is 17.6 Å². The zero-order chi connectivity index (χ0) is 14.2. The van der Waals surface area contributed by atoms with Crippen molar-refractivity contribution in [1.29, 1.82) is 0 Å². The van der Waals surface area contributed by atoms with Crippen molar-refractivity contribution >= 4 is 5.91 Å². The van der Waals surface area contributed by atoms with Crippen LogP contribution in [0.2, 0.25) is 0 Å². The fraction of sp³-hybridized carbons (Fsp3) is 0.471. The highest BCUT2D eigenvalue weighted by atomic mass is 16.2. The molecule has 3 heteroatoms. The zero-order valence-electron chi connectivity index (χ0n) is 11.7. The Kier molecular flexibility index (Phi) is 5.64. The van der Waals surface area contributed by atoms with Crippen molar-refractivity contribution in [2.75, 3.05) is 6.61 Å². The topological polar surface area (TPSA) is 49.3 Å². The first kappa shape index (κ1) is 14.6. The molecule has 2 rings (SSSR count). The zero-order valence-corrected chi connectivity index (χ0v) is 11.7. The van der Waals surface area contributed by atoms with E-state index in [1.165, 1.54) is 25.7 Å². The lowest BCUT2D eigenvalue weighted by Crippen LogP contribution is -2.24. The summed E-state index contributed by atoms with van der Waals surface area (Å²) >= 11 is 0. The summed E-state index contributed by atoms with van der Waals surface area (Å²) in [4.78, 5) is 11.9. The smallest absolute Gasteiger partial charge is 0.220 e. The third kappa shape index (κ3) is 4.71. The maximum absolute atomic E-state index is 11.9. The van der Waals surface area contributed by atoms with Crippen molar-refractivity contribution in [2.24, 2.45) is 5.92 Å². The lowest BCUT2D eigenvalue weighted by atomic mass is 10.0. The first-order chi connectivity index (χ1) is 9.78. The van der Waals surface area contributed by atoms with E-state index in [2.05, 4.69) is 17.2 Å². The number of carbonyl (C=O) groups is 1. The van der Waals surface area contributed by atoms with Gasteiger partial charge in [0.25, 0.3) is 0 Å². The summed E-state index contributed by atoms with van der Waals surface area (Å²) in [5.41, 5.74) is 1.90. The molecule has 1 aromatic carbocycles. The molecule has 1 aliphatic carbocycles. The van der Waals surface area contributed by atoms with E-state index in [0.29, 0.717) is 18.9 Å². The van der Waals surface area contributed by atoms with Crippen LogP contribution in [0.25, 0.3) is 0 Å². The minimum absolute atomic E-state index is 0.137. The summed E-state index contributed by atoms with van der Waals surface area (Å²) in [6.45, 7) is 0.405. The first-order valence-electron chi connectivity index (χ1n) is 7.23. The summed E-state index contributed by atoms with van der Waals surface area (Å²) in [5.74, 6) is 6.21. The van der Waals surface area contributed by atoms with Crippen LogP contribution in [0, 0.1) is 17.8 Å². The molecule has 1 fully saturated rings. The lowest BCUT2D eigenvalue weighted by molar-refractivity contribution is -0.122. The van der Waals surface area contributed by atoms with Crippen LogP contribution in [0.5, 0.6) is 0 Å². The third-order valence-electron chi connectivity index (χ3n) is 3.68. The van der Waals surface area contributed by atoms with E-state index in [4.69, 9.17) is 5.11 Å². The van der Waals surface area contributed by atoms with E-state index in [1.807, 2.05) is 24.3 Å². The van der Waals surface area contributed by atoms with Gasteiger partial charge in [-0.15, -0.1) is 0 Å². The summed E-state index contributed by atoms with van der Waals surface area (Å²) in [6.07, 6.45) is 5.58. The molecular formula is C17H21NO2. The molecule has 1 amide bonds. The normalized spacial score (nSPS) is 14.7. The molecule has 0 aliphatic heterocycles. The average Bonchev–Trinajstić information content (AvgIpc) is 2.96. The van der Waals surface area contributed by atoms with Crippen LogP contribution in [0.1, 0.15) is 43.2 Å². The Bertz CT molecular complexity index is 507. The minimum atomic E-state index is -0.137. The maximum Gasteiger partial charge on any atom is 0.220 e. The molecule has 20 heavy (non-hydrogen) atoms. The highest BCUT2D eigenvalue weighted by Gasteiger charge is 2.17. The second kappa shape index (κ2) is 7.72. The molecule has 0 spiro atoms. The van der Waals surface area contributed by atoms with E-state index in [-0.39, 0.29) is 12.5 Å². The molecule has 0 saturated heterocycles. The van der Waals surface area contributed by atoms with E-state index < -0.39 is 0 Å². The lowest BCUT2D eigenvalue weighted by Gasteiger charge is -2.09. The van der Waals surface area contributed by atoms with Gasteiger partial charge < -0.3 is 10.4 Å². The Balaban J connectivity index is 1.82. The van der Waals surface area contributed by atoms with E-state index in [9.17, 15) is 4.79 Å².